The number of benzene rings is 1. The first-order valence-corrected chi connectivity index (χ1v) is 7.57. The van der Waals surface area contributed by atoms with E-state index in [-0.39, 0.29) is 18.5 Å². The first kappa shape index (κ1) is 16.2. The second-order valence-corrected chi connectivity index (χ2v) is 5.72. The molecule has 1 unspecified atom stereocenters. The largest absolute Gasteiger partial charge is 0.496 e. The van der Waals surface area contributed by atoms with Gasteiger partial charge in [0.05, 0.1) is 7.11 Å². The maximum Gasteiger partial charge on any atom is 0.131 e. The molecule has 1 aliphatic heterocycles. The molecule has 3 N–H and O–H groups in total. The number of likely N-dealkylation sites (tertiary alicyclic amines) is 1. The number of aliphatic hydroxyl groups excluding tert-OH is 1. The first-order valence-electron chi connectivity index (χ1n) is 7.57. The number of rotatable bonds is 6. The Balaban J connectivity index is 1.89. The number of piperidine rings is 1. The molecule has 4 nitrogen and oxygen atoms in total. The Bertz CT molecular complexity index is 448. The van der Waals surface area contributed by atoms with Crippen LogP contribution in [-0.4, -0.2) is 43.4 Å². The molecule has 2 rings (SSSR count). The Hall–Kier alpha value is -1.17. The third-order valence-electron chi connectivity index (χ3n) is 4.33. The van der Waals surface area contributed by atoms with E-state index in [9.17, 15) is 4.39 Å². The highest BCUT2D eigenvalue weighted by Gasteiger charge is 2.21. The Morgan fingerprint density at radius 3 is 2.76 bits per heavy atom. The molecule has 0 amide bonds. The minimum absolute atomic E-state index is 0.278. The summed E-state index contributed by atoms with van der Waals surface area (Å²) in [6.45, 7) is 3.08. The summed E-state index contributed by atoms with van der Waals surface area (Å²) in [5.74, 6) is 0.643. The van der Waals surface area contributed by atoms with E-state index in [0.717, 1.165) is 32.5 Å². The number of hydrogen-bond donors (Lipinski definition) is 2. The van der Waals surface area contributed by atoms with Crippen molar-refractivity contribution >= 4 is 0 Å². The molecule has 5 heteroatoms. The van der Waals surface area contributed by atoms with Crippen LogP contribution in [0, 0.1) is 11.7 Å². The predicted octanol–water partition coefficient (Wildman–Crippen LogP) is 1.93. The van der Waals surface area contributed by atoms with Crippen molar-refractivity contribution in [3.8, 4) is 5.75 Å². The molecule has 1 aromatic carbocycles. The number of halogens is 1. The fourth-order valence-corrected chi connectivity index (χ4v) is 2.91. The van der Waals surface area contributed by atoms with E-state index >= 15 is 0 Å². The van der Waals surface area contributed by atoms with Crippen LogP contribution in [0.2, 0.25) is 0 Å². The summed E-state index contributed by atoms with van der Waals surface area (Å²) in [6.07, 6.45) is 2.74. The van der Waals surface area contributed by atoms with Crippen LogP contribution in [0.1, 0.15) is 30.9 Å². The minimum atomic E-state index is -0.364. The van der Waals surface area contributed by atoms with Gasteiger partial charge in [-0.15, -0.1) is 0 Å². The molecular formula is C16H25FN2O2. The number of methoxy groups -OCH3 is 1. The molecule has 1 saturated heterocycles. The van der Waals surface area contributed by atoms with E-state index in [2.05, 4.69) is 4.90 Å². The van der Waals surface area contributed by atoms with Crippen LogP contribution in [0.4, 0.5) is 4.39 Å². The highest BCUT2D eigenvalue weighted by molar-refractivity contribution is 5.37. The maximum absolute atomic E-state index is 13.9. The second-order valence-electron chi connectivity index (χ2n) is 5.72. The summed E-state index contributed by atoms with van der Waals surface area (Å²) in [5.41, 5.74) is 6.62. The molecule has 118 valence electrons. The number of hydrogen-bond acceptors (Lipinski definition) is 4. The Kier molecular flexibility index (Phi) is 5.96. The van der Waals surface area contributed by atoms with E-state index < -0.39 is 0 Å². The average Bonchev–Trinajstić information content (AvgIpc) is 2.52. The zero-order valence-corrected chi connectivity index (χ0v) is 12.6. The summed E-state index contributed by atoms with van der Waals surface area (Å²) in [4.78, 5) is 2.33. The molecule has 0 spiro atoms. The third-order valence-corrected chi connectivity index (χ3v) is 4.33. The Morgan fingerprint density at radius 2 is 2.14 bits per heavy atom. The van der Waals surface area contributed by atoms with Gasteiger partial charge in [0.1, 0.15) is 11.6 Å². The molecule has 1 aromatic rings. The Morgan fingerprint density at radius 1 is 1.43 bits per heavy atom. The summed E-state index contributed by atoms with van der Waals surface area (Å²) in [7, 11) is 1.53. The third kappa shape index (κ3) is 4.15. The lowest BCUT2D eigenvalue weighted by Crippen LogP contribution is -2.36. The van der Waals surface area contributed by atoms with Crippen molar-refractivity contribution in [3.63, 3.8) is 0 Å². The highest BCUT2D eigenvalue weighted by Crippen LogP contribution is 2.28. The topological polar surface area (TPSA) is 58.7 Å². The van der Waals surface area contributed by atoms with Crippen LogP contribution >= 0.6 is 0 Å². The molecule has 0 aromatic heterocycles. The second kappa shape index (κ2) is 7.73. The lowest BCUT2D eigenvalue weighted by atomic mass is 9.97. The van der Waals surface area contributed by atoms with Crippen molar-refractivity contribution < 1.29 is 14.2 Å². The fourth-order valence-electron chi connectivity index (χ4n) is 2.91. The summed E-state index contributed by atoms with van der Waals surface area (Å²) < 4.78 is 19.2. The van der Waals surface area contributed by atoms with Crippen molar-refractivity contribution in [2.24, 2.45) is 11.7 Å². The number of aliphatic hydroxyl groups is 1. The molecule has 21 heavy (non-hydrogen) atoms. The predicted molar refractivity (Wildman–Crippen MR) is 80.7 cm³/mol. The van der Waals surface area contributed by atoms with E-state index in [1.165, 1.54) is 13.2 Å². The molecule has 1 atom stereocenters. The van der Waals surface area contributed by atoms with Gasteiger partial charge in [-0.1, -0.05) is 6.07 Å². The van der Waals surface area contributed by atoms with Gasteiger partial charge >= 0.3 is 0 Å². The zero-order chi connectivity index (χ0) is 15.2. The average molecular weight is 296 g/mol. The summed E-state index contributed by atoms with van der Waals surface area (Å²) >= 11 is 0. The normalized spacial score (nSPS) is 18.7. The molecule has 1 fully saturated rings. The van der Waals surface area contributed by atoms with Crippen molar-refractivity contribution in [1.29, 1.82) is 0 Å². The summed E-state index contributed by atoms with van der Waals surface area (Å²) in [5, 5.41) is 9.14. The van der Waals surface area contributed by atoms with Gasteiger partial charge in [-0.25, -0.2) is 4.39 Å². The van der Waals surface area contributed by atoms with Crippen molar-refractivity contribution in [2.75, 3.05) is 33.4 Å². The van der Waals surface area contributed by atoms with Crippen molar-refractivity contribution in [3.05, 3.63) is 29.6 Å². The highest BCUT2D eigenvalue weighted by atomic mass is 19.1. The molecule has 1 heterocycles. The molecule has 0 radical (unpaired) electrons. The zero-order valence-electron chi connectivity index (χ0n) is 12.6. The SMILES string of the molecule is COc1cccc(F)c1C(N)CCN1CCC(CO)CC1. The molecule has 0 aliphatic carbocycles. The molecule has 0 bridgehead atoms. The maximum atomic E-state index is 13.9. The monoisotopic (exact) mass is 296 g/mol. The Labute approximate surface area is 125 Å². The van der Waals surface area contributed by atoms with E-state index in [1.807, 2.05) is 0 Å². The van der Waals surface area contributed by atoms with Gasteiger partial charge in [0, 0.05) is 18.2 Å². The van der Waals surface area contributed by atoms with Gasteiger partial charge in [0.25, 0.3) is 0 Å². The van der Waals surface area contributed by atoms with Crippen LogP contribution in [0.25, 0.3) is 0 Å². The number of ether oxygens (including phenoxy) is 1. The van der Waals surface area contributed by atoms with E-state index in [4.69, 9.17) is 15.6 Å². The first-order chi connectivity index (χ1) is 10.2. The molecule has 1 aliphatic rings. The van der Waals surface area contributed by atoms with Crippen LogP contribution in [0.3, 0.4) is 0 Å². The van der Waals surface area contributed by atoms with Gasteiger partial charge in [-0.2, -0.15) is 0 Å². The van der Waals surface area contributed by atoms with Crippen LogP contribution < -0.4 is 10.5 Å². The van der Waals surface area contributed by atoms with Gasteiger partial charge < -0.3 is 20.5 Å². The van der Waals surface area contributed by atoms with Gasteiger partial charge in [0.15, 0.2) is 0 Å². The van der Waals surface area contributed by atoms with E-state index in [1.54, 1.807) is 12.1 Å². The van der Waals surface area contributed by atoms with Crippen LogP contribution in [-0.2, 0) is 0 Å². The quantitative estimate of drug-likeness (QED) is 0.842. The standard InChI is InChI=1S/C16H25FN2O2/c1-21-15-4-2-3-13(17)16(15)14(18)7-10-19-8-5-12(11-20)6-9-19/h2-4,12,14,20H,5-11,18H2,1H3. The van der Waals surface area contributed by atoms with Gasteiger partial charge in [0.2, 0.25) is 0 Å². The number of nitrogens with zero attached hydrogens (tertiary/aromatic N) is 1. The van der Waals surface area contributed by atoms with Gasteiger partial charge in [-0.05, 0) is 56.9 Å². The van der Waals surface area contributed by atoms with E-state index in [0.29, 0.717) is 23.7 Å². The molecular weight excluding hydrogens is 271 g/mol. The van der Waals surface area contributed by atoms with Crippen LogP contribution in [0.5, 0.6) is 5.75 Å². The lowest BCUT2D eigenvalue weighted by molar-refractivity contribution is 0.129. The van der Waals surface area contributed by atoms with Crippen molar-refractivity contribution in [2.45, 2.75) is 25.3 Å². The smallest absolute Gasteiger partial charge is 0.131 e. The molecule has 0 saturated carbocycles. The number of nitrogens with two attached hydrogens (primary N) is 1. The van der Waals surface area contributed by atoms with Gasteiger partial charge in [-0.3, -0.25) is 0 Å². The van der Waals surface area contributed by atoms with Crippen molar-refractivity contribution in [1.82, 2.24) is 4.90 Å². The fraction of sp³-hybridized carbons (Fsp3) is 0.625. The minimum Gasteiger partial charge on any atom is -0.496 e. The summed E-state index contributed by atoms with van der Waals surface area (Å²) in [6, 6.07) is 4.43. The lowest BCUT2D eigenvalue weighted by Gasteiger charge is -2.31. The van der Waals surface area contributed by atoms with Crippen LogP contribution in [0.15, 0.2) is 18.2 Å².